The second-order valence-corrected chi connectivity index (χ2v) is 7.94. The van der Waals surface area contributed by atoms with Crippen molar-refractivity contribution in [1.82, 2.24) is 20.2 Å². The number of hydrogen-bond acceptors (Lipinski definition) is 5. The maximum atomic E-state index is 13.0. The van der Waals surface area contributed by atoms with Crippen molar-refractivity contribution in [3.8, 4) is 0 Å². The van der Waals surface area contributed by atoms with Crippen LogP contribution in [0.15, 0.2) is 47.2 Å². The van der Waals surface area contributed by atoms with Gasteiger partial charge in [0.2, 0.25) is 0 Å². The number of piperidine rings is 1. The average Bonchev–Trinajstić information content (AvgIpc) is 3.30. The van der Waals surface area contributed by atoms with Gasteiger partial charge in [-0.3, -0.25) is 0 Å². The lowest BCUT2D eigenvalue weighted by atomic mass is 9.96. The van der Waals surface area contributed by atoms with Gasteiger partial charge in [0.15, 0.2) is 0 Å². The summed E-state index contributed by atoms with van der Waals surface area (Å²) >= 11 is 0. The van der Waals surface area contributed by atoms with E-state index in [9.17, 15) is 18.0 Å². The van der Waals surface area contributed by atoms with E-state index in [0.717, 1.165) is 18.9 Å². The highest BCUT2D eigenvalue weighted by molar-refractivity contribution is 5.89. The summed E-state index contributed by atoms with van der Waals surface area (Å²) in [5.74, 6) is 1.67. The Morgan fingerprint density at radius 1 is 1.25 bits per heavy atom. The molecule has 1 fully saturated rings. The quantitative estimate of drug-likeness (QED) is 0.631. The van der Waals surface area contributed by atoms with Gasteiger partial charge < -0.3 is 19.5 Å². The molecule has 1 saturated heterocycles. The van der Waals surface area contributed by atoms with Gasteiger partial charge in [-0.25, -0.2) is 14.8 Å². The van der Waals surface area contributed by atoms with Gasteiger partial charge in [0.1, 0.15) is 17.3 Å². The summed E-state index contributed by atoms with van der Waals surface area (Å²) in [7, 11) is 1.76. The SMILES string of the molecule is CN(CC1CCN(c2nccc3nc(C(F)(F)F)ccc23)CC1)C(=O)NCc1ccco1. The molecule has 0 aliphatic carbocycles. The van der Waals surface area contributed by atoms with Gasteiger partial charge in [0, 0.05) is 38.3 Å². The normalized spacial score (nSPS) is 15.2. The predicted molar refractivity (Wildman–Crippen MR) is 113 cm³/mol. The first kappa shape index (κ1) is 21.9. The number of fused-ring (bicyclic) bond motifs is 1. The number of aromatic nitrogens is 2. The molecule has 1 N–H and O–H groups in total. The fourth-order valence-electron chi connectivity index (χ4n) is 3.96. The van der Waals surface area contributed by atoms with Crippen LogP contribution in [0, 0.1) is 5.92 Å². The Bertz CT molecular complexity index is 1060. The van der Waals surface area contributed by atoms with Crippen LogP contribution in [0.2, 0.25) is 0 Å². The van der Waals surface area contributed by atoms with Crippen molar-refractivity contribution in [2.45, 2.75) is 25.6 Å². The van der Waals surface area contributed by atoms with E-state index in [1.165, 1.54) is 18.3 Å². The van der Waals surface area contributed by atoms with E-state index >= 15 is 0 Å². The molecule has 4 heterocycles. The van der Waals surface area contributed by atoms with Crippen molar-refractivity contribution in [2.75, 3.05) is 31.6 Å². The van der Waals surface area contributed by atoms with E-state index in [1.54, 1.807) is 30.3 Å². The summed E-state index contributed by atoms with van der Waals surface area (Å²) in [6, 6.07) is 7.35. The zero-order valence-electron chi connectivity index (χ0n) is 17.6. The van der Waals surface area contributed by atoms with Gasteiger partial charge in [-0.05, 0) is 49.1 Å². The molecule has 3 aromatic rings. The average molecular weight is 447 g/mol. The van der Waals surface area contributed by atoms with Crippen molar-refractivity contribution in [2.24, 2.45) is 5.92 Å². The topological polar surface area (TPSA) is 74.5 Å². The largest absolute Gasteiger partial charge is 0.467 e. The Morgan fingerprint density at radius 3 is 2.72 bits per heavy atom. The molecule has 2 amide bonds. The number of rotatable bonds is 5. The van der Waals surface area contributed by atoms with Crippen LogP contribution >= 0.6 is 0 Å². The number of alkyl halides is 3. The molecule has 0 radical (unpaired) electrons. The Balaban J connectivity index is 1.34. The van der Waals surface area contributed by atoms with Gasteiger partial charge in [-0.15, -0.1) is 0 Å². The molecular formula is C22H24F3N5O2. The van der Waals surface area contributed by atoms with Gasteiger partial charge >= 0.3 is 12.2 Å². The van der Waals surface area contributed by atoms with E-state index in [1.807, 2.05) is 0 Å². The number of nitrogens with zero attached hydrogens (tertiary/aromatic N) is 4. The maximum Gasteiger partial charge on any atom is 0.433 e. The van der Waals surface area contributed by atoms with Crippen LogP contribution in [0.4, 0.5) is 23.8 Å². The summed E-state index contributed by atoms with van der Waals surface area (Å²) in [4.78, 5) is 24.2. The fraction of sp³-hybridized carbons (Fsp3) is 0.409. The monoisotopic (exact) mass is 447 g/mol. The minimum absolute atomic E-state index is 0.161. The number of carbonyl (C=O) groups is 1. The second-order valence-electron chi connectivity index (χ2n) is 7.94. The molecule has 1 aliphatic rings. The Morgan fingerprint density at radius 2 is 2.03 bits per heavy atom. The first-order valence-corrected chi connectivity index (χ1v) is 10.4. The third kappa shape index (κ3) is 4.95. The van der Waals surface area contributed by atoms with Gasteiger partial charge in [0.05, 0.1) is 18.3 Å². The number of urea groups is 1. The molecule has 32 heavy (non-hydrogen) atoms. The van der Waals surface area contributed by atoms with Crippen LogP contribution in [0.1, 0.15) is 24.3 Å². The summed E-state index contributed by atoms with van der Waals surface area (Å²) < 4.78 is 44.1. The minimum atomic E-state index is -4.48. The molecular weight excluding hydrogens is 423 g/mol. The Hall–Kier alpha value is -3.30. The first-order valence-electron chi connectivity index (χ1n) is 10.4. The number of hydrogen-bond donors (Lipinski definition) is 1. The van der Waals surface area contributed by atoms with Crippen molar-refractivity contribution in [1.29, 1.82) is 0 Å². The minimum Gasteiger partial charge on any atom is -0.467 e. The fourth-order valence-corrected chi connectivity index (χ4v) is 3.96. The number of anilines is 1. The molecule has 10 heteroatoms. The standard InChI is InChI=1S/C22H24F3N5O2/c1-29(21(31)27-13-16-3-2-12-32-16)14-15-7-10-30(11-8-15)20-17-4-5-19(22(23,24)25)28-18(17)6-9-26-20/h2-6,9,12,15H,7-8,10-11,13-14H2,1H3,(H,27,31). The van der Waals surface area contributed by atoms with Crippen molar-refractivity contribution in [3.63, 3.8) is 0 Å². The van der Waals surface area contributed by atoms with Crippen LogP contribution in [0.25, 0.3) is 10.9 Å². The summed E-state index contributed by atoms with van der Waals surface area (Å²) in [5, 5.41) is 3.44. The maximum absolute atomic E-state index is 13.0. The molecule has 0 spiro atoms. The Labute approximate surface area is 183 Å². The van der Waals surface area contributed by atoms with E-state index in [-0.39, 0.29) is 11.5 Å². The zero-order valence-corrected chi connectivity index (χ0v) is 17.6. The van der Waals surface area contributed by atoms with Crippen LogP contribution in [-0.2, 0) is 12.7 Å². The molecule has 170 valence electrons. The second kappa shape index (κ2) is 9.05. The number of amides is 2. The highest BCUT2D eigenvalue weighted by Gasteiger charge is 2.33. The molecule has 0 aromatic carbocycles. The van der Waals surface area contributed by atoms with E-state index in [4.69, 9.17) is 4.42 Å². The molecule has 0 atom stereocenters. The van der Waals surface area contributed by atoms with Crippen LogP contribution < -0.4 is 10.2 Å². The molecule has 4 rings (SSSR count). The van der Waals surface area contributed by atoms with Crippen molar-refractivity contribution in [3.05, 3.63) is 54.2 Å². The molecule has 0 saturated carbocycles. The summed E-state index contributed by atoms with van der Waals surface area (Å²) in [5.41, 5.74) is -0.630. The van der Waals surface area contributed by atoms with Crippen LogP contribution in [0.5, 0.6) is 0 Å². The van der Waals surface area contributed by atoms with Crippen molar-refractivity contribution >= 4 is 22.8 Å². The lowest BCUT2D eigenvalue weighted by molar-refractivity contribution is -0.140. The van der Waals surface area contributed by atoms with E-state index in [2.05, 4.69) is 20.2 Å². The molecule has 3 aromatic heterocycles. The number of furan rings is 1. The number of halogens is 3. The summed E-state index contributed by atoms with van der Waals surface area (Å²) in [6.07, 6.45) is 0.277. The number of pyridine rings is 2. The molecule has 0 unspecified atom stereocenters. The zero-order chi connectivity index (χ0) is 22.7. The van der Waals surface area contributed by atoms with Crippen LogP contribution in [0.3, 0.4) is 0 Å². The lowest BCUT2D eigenvalue weighted by Gasteiger charge is -2.35. The Kier molecular flexibility index (Phi) is 6.20. The smallest absolute Gasteiger partial charge is 0.433 e. The number of carbonyl (C=O) groups excluding carboxylic acids is 1. The van der Waals surface area contributed by atoms with E-state index in [0.29, 0.717) is 49.1 Å². The third-order valence-corrected chi connectivity index (χ3v) is 5.67. The molecule has 7 nitrogen and oxygen atoms in total. The van der Waals surface area contributed by atoms with Gasteiger partial charge in [0.25, 0.3) is 0 Å². The predicted octanol–water partition coefficient (Wildman–Crippen LogP) is 4.30. The highest BCUT2D eigenvalue weighted by atomic mass is 19.4. The first-order chi connectivity index (χ1) is 15.3. The van der Waals surface area contributed by atoms with Gasteiger partial charge in [-0.2, -0.15) is 13.2 Å². The number of nitrogens with one attached hydrogen (secondary N) is 1. The van der Waals surface area contributed by atoms with Crippen LogP contribution in [-0.4, -0.2) is 47.6 Å². The van der Waals surface area contributed by atoms with Crippen molar-refractivity contribution < 1.29 is 22.4 Å². The third-order valence-electron chi connectivity index (χ3n) is 5.67. The molecule has 0 bridgehead atoms. The van der Waals surface area contributed by atoms with Gasteiger partial charge in [-0.1, -0.05) is 0 Å². The highest BCUT2D eigenvalue weighted by Crippen LogP contribution is 2.32. The van der Waals surface area contributed by atoms with E-state index < -0.39 is 11.9 Å². The molecule has 1 aliphatic heterocycles. The summed E-state index contributed by atoms with van der Waals surface area (Å²) in [6.45, 7) is 2.38. The lowest BCUT2D eigenvalue weighted by Crippen LogP contribution is -2.43.